The van der Waals surface area contributed by atoms with Gasteiger partial charge in [-0.1, -0.05) is 6.58 Å². The van der Waals surface area contributed by atoms with Crippen LogP contribution in [0.3, 0.4) is 0 Å². The van der Waals surface area contributed by atoms with Gasteiger partial charge in [-0.3, -0.25) is 0 Å². The lowest BCUT2D eigenvalue weighted by molar-refractivity contribution is -0.179. The van der Waals surface area contributed by atoms with Crippen molar-refractivity contribution in [2.75, 3.05) is 13.2 Å². The van der Waals surface area contributed by atoms with Gasteiger partial charge in [0.15, 0.2) is 0 Å². The molecule has 4 heteroatoms. The number of hydrogen-bond donors (Lipinski definition) is 0. The van der Waals surface area contributed by atoms with E-state index in [1.54, 1.807) is 0 Å². The Labute approximate surface area is 77.5 Å². The molecule has 1 heterocycles. The van der Waals surface area contributed by atoms with Crippen molar-refractivity contribution in [2.24, 2.45) is 0 Å². The SMILES string of the molecule is C=CC(=O)OC1COC(C)CCO1. The Morgan fingerprint density at radius 2 is 2.38 bits per heavy atom. The maximum absolute atomic E-state index is 10.8. The minimum atomic E-state index is -0.588. The molecular formula is C9H14O4. The van der Waals surface area contributed by atoms with Crippen molar-refractivity contribution in [2.45, 2.75) is 25.7 Å². The molecule has 1 fully saturated rings. The van der Waals surface area contributed by atoms with Gasteiger partial charge in [0, 0.05) is 6.08 Å². The molecule has 0 aromatic rings. The molecule has 2 atom stereocenters. The normalized spacial score (nSPS) is 29.0. The number of hydrogen-bond acceptors (Lipinski definition) is 4. The molecule has 1 saturated heterocycles. The van der Waals surface area contributed by atoms with E-state index in [0.29, 0.717) is 13.2 Å². The Morgan fingerprint density at radius 1 is 1.62 bits per heavy atom. The molecule has 74 valence electrons. The molecule has 0 aliphatic carbocycles. The second kappa shape index (κ2) is 4.99. The van der Waals surface area contributed by atoms with Crippen LogP contribution >= 0.6 is 0 Å². The Morgan fingerprint density at radius 3 is 3.08 bits per heavy atom. The van der Waals surface area contributed by atoms with Gasteiger partial charge in [-0.05, 0) is 13.3 Å². The molecule has 0 amide bonds. The third-order valence-electron chi connectivity index (χ3n) is 1.76. The van der Waals surface area contributed by atoms with Gasteiger partial charge in [-0.15, -0.1) is 0 Å². The standard InChI is InChI=1S/C9H14O4/c1-3-8(10)13-9-6-12-7(2)4-5-11-9/h3,7,9H,1,4-6H2,2H3. The molecule has 0 spiro atoms. The molecule has 0 bridgehead atoms. The van der Waals surface area contributed by atoms with Gasteiger partial charge < -0.3 is 14.2 Å². The summed E-state index contributed by atoms with van der Waals surface area (Å²) in [5.74, 6) is -0.483. The third-order valence-corrected chi connectivity index (χ3v) is 1.76. The van der Waals surface area contributed by atoms with Crippen LogP contribution in [0.15, 0.2) is 12.7 Å². The van der Waals surface area contributed by atoms with E-state index >= 15 is 0 Å². The molecule has 1 rings (SSSR count). The maximum atomic E-state index is 10.8. The Kier molecular flexibility index (Phi) is 3.92. The van der Waals surface area contributed by atoms with Gasteiger partial charge in [-0.25, -0.2) is 4.79 Å². The van der Waals surface area contributed by atoms with Crippen molar-refractivity contribution in [1.82, 2.24) is 0 Å². The summed E-state index contributed by atoms with van der Waals surface area (Å²) < 4.78 is 15.4. The van der Waals surface area contributed by atoms with Crippen molar-refractivity contribution in [3.8, 4) is 0 Å². The van der Waals surface area contributed by atoms with Crippen LogP contribution in [-0.4, -0.2) is 31.6 Å². The van der Waals surface area contributed by atoms with E-state index in [1.165, 1.54) is 0 Å². The molecular weight excluding hydrogens is 172 g/mol. The van der Waals surface area contributed by atoms with E-state index in [9.17, 15) is 4.79 Å². The van der Waals surface area contributed by atoms with Gasteiger partial charge >= 0.3 is 5.97 Å². The van der Waals surface area contributed by atoms with Crippen molar-refractivity contribution < 1.29 is 19.0 Å². The quantitative estimate of drug-likeness (QED) is 0.474. The van der Waals surface area contributed by atoms with Crippen molar-refractivity contribution >= 4 is 5.97 Å². The lowest BCUT2D eigenvalue weighted by Crippen LogP contribution is -2.24. The topological polar surface area (TPSA) is 44.8 Å². The zero-order valence-electron chi connectivity index (χ0n) is 7.69. The number of ether oxygens (including phenoxy) is 3. The average molecular weight is 186 g/mol. The second-order valence-corrected chi connectivity index (χ2v) is 2.87. The Hall–Kier alpha value is -0.870. The molecule has 13 heavy (non-hydrogen) atoms. The molecule has 0 N–H and O–H groups in total. The van der Waals surface area contributed by atoms with E-state index in [-0.39, 0.29) is 6.10 Å². The van der Waals surface area contributed by atoms with Gasteiger partial charge in [0.25, 0.3) is 0 Å². The van der Waals surface area contributed by atoms with E-state index in [0.717, 1.165) is 12.5 Å². The molecule has 1 aliphatic rings. The average Bonchev–Trinajstić information content (AvgIpc) is 2.31. The summed E-state index contributed by atoms with van der Waals surface area (Å²) in [6.07, 6.45) is 1.50. The number of esters is 1. The van der Waals surface area contributed by atoms with E-state index in [2.05, 4.69) is 6.58 Å². The van der Waals surface area contributed by atoms with Crippen molar-refractivity contribution in [1.29, 1.82) is 0 Å². The monoisotopic (exact) mass is 186 g/mol. The summed E-state index contributed by atoms with van der Waals surface area (Å²) in [7, 11) is 0. The van der Waals surface area contributed by atoms with Crippen LogP contribution in [0.4, 0.5) is 0 Å². The second-order valence-electron chi connectivity index (χ2n) is 2.87. The highest BCUT2D eigenvalue weighted by molar-refractivity contribution is 5.81. The van der Waals surface area contributed by atoms with Gasteiger partial charge in [0.2, 0.25) is 6.29 Å². The summed E-state index contributed by atoms with van der Waals surface area (Å²) in [6.45, 7) is 6.10. The molecule has 0 aromatic heterocycles. The molecule has 0 saturated carbocycles. The van der Waals surface area contributed by atoms with Crippen LogP contribution < -0.4 is 0 Å². The summed E-state index contributed by atoms with van der Waals surface area (Å²) in [6, 6.07) is 0. The predicted molar refractivity (Wildman–Crippen MR) is 46.1 cm³/mol. The van der Waals surface area contributed by atoms with Crippen LogP contribution in [0, 0.1) is 0 Å². The van der Waals surface area contributed by atoms with Crippen LogP contribution in [0.25, 0.3) is 0 Å². The predicted octanol–water partition coefficient (Wildman–Crippen LogP) is 0.867. The fourth-order valence-electron chi connectivity index (χ4n) is 0.985. The van der Waals surface area contributed by atoms with Crippen LogP contribution in [-0.2, 0) is 19.0 Å². The zero-order chi connectivity index (χ0) is 9.68. The summed E-state index contributed by atoms with van der Waals surface area (Å²) in [5.41, 5.74) is 0. The lowest BCUT2D eigenvalue weighted by atomic mass is 10.3. The minimum Gasteiger partial charge on any atom is -0.430 e. The first-order chi connectivity index (χ1) is 6.22. The zero-order valence-corrected chi connectivity index (χ0v) is 7.69. The highest BCUT2D eigenvalue weighted by Crippen LogP contribution is 2.09. The van der Waals surface area contributed by atoms with Crippen LogP contribution in [0.5, 0.6) is 0 Å². The highest BCUT2D eigenvalue weighted by Gasteiger charge is 2.19. The summed E-state index contributed by atoms with van der Waals surface area (Å²) >= 11 is 0. The van der Waals surface area contributed by atoms with E-state index in [1.807, 2.05) is 6.92 Å². The van der Waals surface area contributed by atoms with E-state index < -0.39 is 12.3 Å². The fraction of sp³-hybridized carbons (Fsp3) is 0.667. The summed E-state index contributed by atoms with van der Waals surface area (Å²) in [5, 5.41) is 0. The minimum absolute atomic E-state index is 0.160. The fourth-order valence-corrected chi connectivity index (χ4v) is 0.985. The van der Waals surface area contributed by atoms with Gasteiger partial charge in [0.05, 0.1) is 12.7 Å². The smallest absolute Gasteiger partial charge is 0.332 e. The first kappa shape index (κ1) is 10.2. The molecule has 1 aliphatic heterocycles. The molecule has 4 nitrogen and oxygen atoms in total. The maximum Gasteiger partial charge on any atom is 0.332 e. The Balaban J connectivity index is 2.33. The third kappa shape index (κ3) is 3.57. The number of carbonyl (C=O) groups is 1. The van der Waals surface area contributed by atoms with Crippen LogP contribution in [0.1, 0.15) is 13.3 Å². The van der Waals surface area contributed by atoms with E-state index in [4.69, 9.17) is 14.2 Å². The van der Waals surface area contributed by atoms with Crippen molar-refractivity contribution in [3.63, 3.8) is 0 Å². The summed E-state index contributed by atoms with van der Waals surface area (Å²) in [4.78, 5) is 10.8. The number of carbonyl (C=O) groups excluding carboxylic acids is 1. The van der Waals surface area contributed by atoms with Gasteiger partial charge in [-0.2, -0.15) is 0 Å². The molecule has 2 unspecified atom stereocenters. The molecule has 0 aromatic carbocycles. The van der Waals surface area contributed by atoms with Crippen LogP contribution in [0.2, 0.25) is 0 Å². The largest absolute Gasteiger partial charge is 0.430 e. The van der Waals surface area contributed by atoms with Gasteiger partial charge in [0.1, 0.15) is 6.61 Å². The first-order valence-electron chi connectivity index (χ1n) is 4.28. The Bertz CT molecular complexity index is 190. The van der Waals surface area contributed by atoms with Crippen molar-refractivity contribution in [3.05, 3.63) is 12.7 Å². The number of rotatable bonds is 2. The lowest BCUT2D eigenvalue weighted by Gasteiger charge is -2.13. The first-order valence-corrected chi connectivity index (χ1v) is 4.28. The highest BCUT2D eigenvalue weighted by atomic mass is 16.7. The molecule has 0 radical (unpaired) electrons.